The van der Waals surface area contributed by atoms with Crippen molar-refractivity contribution in [3.63, 3.8) is 0 Å². The van der Waals surface area contributed by atoms with Gasteiger partial charge in [0, 0.05) is 17.3 Å². The molecule has 0 fully saturated rings. The molecule has 2 rings (SSSR count). The van der Waals surface area contributed by atoms with Gasteiger partial charge >= 0.3 is 0 Å². The Morgan fingerprint density at radius 2 is 2.21 bits per heavy atom. The molecule has 5 heteroatoms. The van der Waals surface area contributed by atoms with Crippen LogP contribution < -0.4 is 10.5 Å². The summed E-state index contributed by atoms with van der Waals surface area (Å²) in [7, 11) is 1.40. The van der Waals surface area contributed by atoms with Crippen molar-refractivity contribution in [2.24, 2.45) is 5.73 Å². The topological polar surface area (TPSA) is 55.5 Å². The average Bonchev–Trinajstić information content (AvgIpc) is 2.94. The number of hydrogen-bond donors (Lipinski definition) is 2. The van der Waals surface area contributed by atoms with Crippen LogP contribution in [-0.2, 0) is 0 Å². The third kappa shape index (κ3) is 2.94. The summed E-state index contributed by atoms with van der Waals surface area (Å²) in [4.78, 5) is 1.01. The van der Waals surface area contributed by atoms with Crippen molar-refractivity contribution >= 4 is 11.3 Å². The van der Waals surface area contributed by atoms with Gasteiger partial charge in [-0.05, 0) is 29.1 Å². The van der Waals surface area contributed by atoms with Gasteiger partial charge in [-0.25, -0.2) is 4.39 Å². The largest absolute Gasteiger partial charge is 0.494 e. The molecule has 0 spiro atoms. The number of halogens is 1. The van der Waals surface area contributed by atoms with E-state index in [0.717, 1.165) is 4.88 Å². The Kier molecular flexibility index (Phi) is 4.52. The van der Waals surface area contributed by atoms with Crippen LogP contribution in [0.25, 0.3) is 0 Å². The summed E-state index contributed by atoms with van der Waals surface area (Å²) in [6, 6.07) is 8.21. The average molecular weight is 281 g/mol. The number of aliphatic hydroxyl groups is 1. The fraction of sp³-hybridized carbons (Fsp3) is 0.286. The van der Waals surface area contributed by atoms with Crippen LogP contribution in [0.15, 0.2) is 35.7 Å². The van der Waals surface area contributed by atoms with Crippen molar-refractivity contribution in [1.82, 2.24) is 0 Å². The molecule has 0 amide bonds. The molecule has 0 aliphatic carbocycles. The molecule has 0 saturated carbocycles. The molecule has 19 heavy (non-hydrogen) atoms. The molecule has 0 radical (unpaired) electrons. The van der Waals surface area contributed by atoms with Crippen molar-refractivity contribution in [2.75, 3.05) is 13.7 Å². The van der Waals surface area contributed by atoms with Crippen molar-refractivity contribution < 1.29 is 14.2 Å². The van der Waals surface area contributed by atoms with Crippen molar-refractivity contribution in [2.45, 2.75) is 12.0 Å². The molecule has 0 aliphatic heterocycles. The van der Waals surface area contributed by atoms with E-state index < -0.39 is 11.9 Å². The summed E-state index contributed by atoms with van der Waals surface area (Å²) >= 11 is 1.55. The first-order valence-electron chi connectivity index (χ1n) is 5.92. The van der Waals surface area contributed by atoms with E-state index in [1.807, 2.05) is 17.5 Å². The molecular weight excluding hydrogens is 265 g/mol. The highest BCUT2D eigenvalue weighted by Crippen LogP contribution is 2.34. The fourth-order valence-electron chi connectivity index (χ4n) is 2.00. The minimum Gasteiger partial charge on any atom is -0.494 e. The predicted octanol–water partition coefficient (Wildman–Crippen LogP) is 2.67. The third-order valence-electron chi connectivity index (χ3n) is 3.06. The van der Waals surface area contributed by atoms with E-state index in [9.17, 15) is 9.50 Å². The number of thiophene rings is 1. The van der Waals surface area contributed by atoms with Gasteiger partial charge in [-0.3, -0.25) is 0 Å². The Balaban J connectivity index is 2.29. The van der Waals surface area contributed by atoms with Crippen LogP contribution in [0.4, 0.5) is 4.39 Å². The quantitative estimate of drug-likeness (QED) is 0.886. The van der Waals surface area contributed by atoms with E-state index in [0.29, 0.717) is 12.1 Å². The van der Waals surface area contributed by atoms with Crippen LogP contribution in [-0.4, -0.2) is 18.8 Å². The molecule has 2 aromatic rings. The maximum absolute atomic E-state index is 13.4. The number of benzene rings is 1. The molecule has 3 nitrogen and oxygen atoms in total. The maximum Gasteiger partial charge on any atom is 0.165 e. The molecule has 0 aliphatic rings. The van der Waals surface area contributed by atoms with E-state index in [-0.39, 0.29) is 11.7 Å². The lowest BCUT2D eigenvalue weighted by Gasteiger charge is -2.21. The summed E-state index contributed by atoms with van der Waals surface area (Å²) in [6.07, 6.45) is -0.779. The summed E-state index contributed by atoms with van der Waals surface area (Å²) in [5.41, 5.74) is 6.34. The second-order valence-electron chi connectivity index (χ2n) is 4.20. The van der Waals surface area contributed by atoms with Crippen LogP contribution >= 0.6 is 11.3 Å². The molecule has 0 bridgehead atoms. The van der Waals surface area contributed by atoms with Gasteiger partial charge in [-0.1, -0.05) is 12.1 Å². The van der Waals surface area contributed by atoms with E-state index in [1.54, 1.807) is 17.4 Å². The Labute approximate surface area is 115 Å². The first-order chi connectivity index (χ1) is 9.17. The minimum absolute atomic E-state index is 0.124. The van der Waals surface area contributed by atoms with Crippen LogP contribution in [0, 0.1) is 5.82 Å². The Morgan fingerprint density at radius 1 is 1.42 bits per heavy atom. The zero-order chi connectivity index (χ0) is 13.8. The lowest BCUT2D eigenvalue weighted by Crippen LogP contribution is -2.19. The molecule has 0 saturated heterocycles. The Morgan fingerprint density at radius 3 is 2.79 bits per heavy atom. The summed E-state index contributed by atoms with van der Waals surface area (Å²) < 4.78 is 18.3. The molecule has 3 N–H and O–H groups in total. The van der Waals surface area contributed by atoms with Gasteiger partial charge in [0.1, 0.15) is 0 Å². The highest BCUT2D eigenvalue weighted by atomic mass is 32.1. The highest BCUT2D eigenvalue weighted by molar-refractivity contribution is 7.10. The van der Waals surface area contributed by atoms with Crippen LogP contribution in [0.2, 0.25) is 0 Å². The Bertz CT molecular complexity index is 530. The number of aliphatic hydroxyl groups excluding tert-OH is 1. The third-order valence-corrected chi connectivity index (χ3v) is 4.06. The molecule has 102 valence electrons. The van der Waals surface area contributed by atoms with Crippen LogP contribution in [0.1, 0.15) is 22.5 Å². The molecular formula is C14H16FNO2S. The van der Waals surface area contributed by atoms with E-state index in [1.165, 1.54) is 19.2 Å². The zero-order valence-corrected chi connectivity index (χ0v) is 11.4. The SMILES string of the molecule is COc1cc(C(O)C(CN)c2cccs2)ccc1F. The van der Waals surface area contributed by atoms with Crippen LogP contribution in [0.5, 0.6) is 5.75 Å². The van der Waals surface area contributed by atoms with Crippen molar-refractivity contribution in [1.29, 1.82) is 0 Å². The lowest BCUT2D eigenvalue weighted by molar-refractivity contribution is 0.148. The smallest absolute Gasteiger partial charge is 0.165 e. The standard InChI is InChI=1S/C14H16FNO2S/c1-18-12-7-9(4-5-11(12)15)14(17)10(8-16)13-3-2-6-19-13/h2-7,10,14,17H,8,16H2,1H3. The number of methoxy groups -OCH3 is 1. The fourth-order valence-corrected chi connectivity index (χ4v) is 2.87. The minimum atomic E-state index is -0.779. The molecule has 1 aromatic heterocycles. The monoisotopic (exact) mass is 281 g/mol. The summed E-state index contributed by atoms with van der Waals surface area (Å²) in [5, 5.41) is 12.4. The van der Waals surface area contributed by atoms with Gasteiger partial charge in [-0.15, -0.1) is 11.3 Å². The second-order valence-corrected chi connectivity index (χ2v) is 5.18. The van der Waals surface area contributed by atoms with E-state index in [2.05, 4.69) is 0 Å². The molecule has 2 unspecified atom stereocenters. The van der Waals surface area contributed by atoms with Gasteiger partial charge in [0.25, 0.3) is 0 Å². The maximum atomic E-state index is 13.4. The molecule has 1 heterocycles. The Hall–Kier alpha value is -1.43. The number of rotatable bonds is 5. The predicted molar refractivity (Wildman–Crippen MR) is 74.0 cm³/mol. The second kappa shape index (κ2) is 6.14. The van der Waals surface area contributed by atoms with E-state index in [4.69, 9.17) is 10.5 Å². The zero-order valence-electron chi connectivity index (χ0n) is 10.5. The molecule has 2 atom stereocenters. The normalized spacial score (nSPS) is 14.1. The van der Waals surface area contributed by atoms with E-state index >= 15 is 0 Å². The van der Waals surface area contributed by atoms with Gasteiger partial charge in [0.05, 0.1) is 13.2 Å². The highest BCUT2D eigenvalue weighted by Gasteiger charge is 2.23. The van der Waals surface area contributed by atoms with Gasteiger partial charge in [-0.2, -0.15) is 0 Å². The number of ether oxygens (including phenoxy) is 1. The van der Waals surface area contributed by atoms with Crippen molar-refractivity contribution in [3.8, 4) is 5.75 Å². The van der Waals surface area contributed by atoms with Crippen LogP contribution in [0.3, 0.4) is 0 Å². The number of nitrogens with two attached hydrogens (primary N) is 1. The number of hydrogen-bond acceptors (Lipinski definition) is 4. The van der Waals surface area contributed by atoms with Gasteiger partial charge < -0.3 is 15.6 Å². The summed E-state index contributed by atoms with van der Waals surface area (Å²) in [6.45, 7) is 0.321. The first kappa shape index (κ1) is 14.0. The molecule has 1 aromatic carbocycles. The van der Waals surface area contributed by atoms with Gasteiger partial charge in [0.2, 0.25) is 0 Å². The summed E-state index contributed by atoms with van der Waals surface area (Å²) in [5.74, 6) is -0.521. The first-order valence-corrected chi connectivity index (χ1v) is 6.80. The van der Waals surface area contributed by atoms with Crippen molar-refractivity contribution in [3.05, 3.63) is 52.0 Å². The van der Waals surface area contributed by atoms with Gasteiger partial charge in [0.15, 0.2) is 11.6 Å². The lowest BCUT2D eigenvalue weighted by atomic mass is 9.94.